The van der Waals surface area contributed by atoms with E-state index in [1.165, 1.54) is 0 Å². The topological polar surface area (TPSA) is 89.9 Å². The van der Waals surface area contributed by atoms with Gasteiger partial charge in [-0.1, -0.05) is 5.21 Å². The predicted octanol–water partition coefficient (Wildman–Crippen LogP) is 2.64. The molecule has 5 rings (SSSR count). The smallest absolute Gasteiger partial charge is 0.225 e. The van der Waals surface area contributed by atoms with E-state index in [9.17, 15) is 4.79 Å². The molecule has 1 aliphatic carbocycles. The van der Waals surface area contributed by atoms with Crippen molar-refractivity contribution in [2.45, 2.75) is 32.2 Å². The van der Waals surface area contributed by atoms with Crippen molar-refractivity contribution in [3.63, 3.8) is 0 Å². The van der Waals surface area contributed by atoms with E-state index in [2.05, 4.69) is 20.3 Å². The maximum atomic E-state index is 12.3. The first-order chi connectivity index (χ1) is 13.8. The van der Waals surface area contributed by atoms with Gasteiger partial charge in [0.25, 0.3) is 0 Å². The highest BCUT2D eigenvalue weighted by atomic mass is 16.3. The third-order valence-corrected chi connectivity index (χ3v) is 5.43. The highest BCUT2D eigenvalue weighted by Crippen LogP contribution is 2.32. The van der Waals surface area contributed by atoms with E-state index in [-0.39, 0.29) is 0 Å². The van der Waals surface area contributed by atoms with E-state index in [1.54, 1.807) is 18.7 Å². The zero-order valence-electron chi connectivity index (χ0n) is 15.6. The molecule has 28 heavy (non-hydrogen) atoms. The van der Waals surface area contributed by atoms with Crippen molar-refractivity contribution < 1.29 is 9.21 Å². The number of carbonyl (C=O) groups is 1. The van der Waals surface area contributed by atoms with Gasteiger partial charge in [-0.25, -0.2) is 9.97 Å². The van der Waals surface area contributed by atoms with Crippen LogP contribution >= 0.6 is 0 Å². The molecule has 8 nitrogen and oxygen atoms in total. The van der Waals surface area contributed by atoms with E-state index < -0.39 is 0 Å². The highest BCUT2D eigenvalue weighted by Gasteiger charge is 2.35. The number of hydrogen-bond acceptors (Lipinski definition) is 6. The second kappa shape index (κ2) is 7.18. The van der Waals surface area contributed by atoms with Crippen molar-refractivity contribution in [1.82, 2.24) is 29.9 Å². The van der Waals surface area contributed by atoms with Gasteiger partial charge in [-0.3, -0.25) is 9.48 Å². The number of likely N-dealkylation sites (tertiary alicyclic amines) is 1. The van der Waals surface area contributed by atoms with E-state index in [0.717, 1.165) is 56.6 Å². The monoisotopic (exact) mass is 378 g/mol. The number of piperidine rings is 1. The lowest BCUT2D eigenvalue weighted by atomic mass is 9.97. The van der Waals surface area contributed by atoms with Crippen LogP contribution in [0.25, 0.3) is 22.8 Å². The first kappa shape index (κ1) is 17.1. The molecule has 0 aromatic carbocycles. The minimum Gasteiger partial charge on any atom is -0.461 e. The van der Waals surface area contributed by atoms with Gasteiger partial charge in [0.15, 0.2) is 11.6 Å². The largest absolute Gasteiger partial charge is 0.461 e. The molecule has 3 aromatic rings. The van der Waals surface area contributed by atoms with Gasteiger partial charge in [0.05, 0.1) is 12.5 Å². The van der Waals surface area contributed by atoms with Gasteiger partial charge in [-0.2, -0.15) is 0 Å². The Hall–Kier alpha value is -3.03. The van der Waals surface area contributed by atoms with Gasteiger partial charge < -0.3 is 9.32 Å². The van der Waals surface area contributed by atoms with Crippen molar-refractivity contribution in [2.75, 3.05) is 13.1 Å². The van der Waals surface area contributed by atoms with Crippen LogP contribution in [0.2, 0.25) is 0 Å². The van der Waals surface area contributed by atoms with Crippen LogP contribution in [0.15, 0.2) is 41.4 Å². The predicted molar refractivity (Wildman–Crippen MR) is 101 cm³/mol. The van der Waals surface area contributed by atoms with Crippen molar-refractivity contribution >= 4 is 5.91 Å². The summed E-state index contributed by atoms with van der Waals surface area (Å²) in [7, 11) is 0. The molecule has 1 aliphatic heterocycles. The fourth-order valence-corrected chi connectivity index (χ4v) is 3.78. The lowest BCUT2D eigenvalue weighted by Crippen LogP contribution is -2.41. The maximum Gasteiger partial charge on any atom is 0.225 e. The van der Waals surface area contributed by atoms with Crippen molar-refractivity contribution in [2.24, 2.45) is 11.8 Å². The second-order valence-electron chi connectivity index (χ2n) is 7.67. The van der Waals surface area contributed by atoms with Crippen LogP contribution in [0.4, 0.5) is 0 Å². The van der Waals surface area contributed by atoms with E-state index in [1.807, 2.05) is 27.9 Å². The van der Waals surface area contributed by atoms with Crippen LogP contribution in [-0.2, 0) is 11.3 Å². The highest BCUT2D eigenvalue weighted by molar-refractivity contribution is 5.81. The molecule has 1 saturated heterocycles. The summed E-state index contributed by atoms with van der Waals surface area (Å²) < 4.78 is 7.18. The molecule has 144 valence electrons. The fraction of sp³-hybridized carbons (Fsp3) is 0.450. The molecule has 1 unspecified atom stereocenters. The Balaban J connectivity index is 1.24. The van der Waals surface area contributed by atoms with Gasteiger partial charge in [0.1, 0.15) is 5.69 Å². The lowest BCUT2D eigenvalue weighted by molar-refractivity contribution is -0.134. The summed E-state index contributed by atoms with van der Waals surface area (Å²) in [5, 5.41) is 8.53. The zero-order valence-corrected chi connectivity index (χ0v) is 15.6. The summed E-state index contributed by atoms with van der Waals surface area (Å²) in [4.78, 5) is 23.1. The minimum atomic E-state index is 0.292. The molecular formula is C20H22N6O2. The van der Waals surface area contributed by atoms with Crippen LogP contribution in [0.5, 0.6) is 0 Å². The van der Waals surface area contributed by atoms with Crippen molar-refractivity contribution in [3.8, 4) is 22.8 Å². The van der Waals surface area contributed by atoms with Gasteiger partial charge in [-0.15, -0.1) is 5.10 Å². The fourth-order valence-electron chi connectivity index (χ4n) is 3.78. The number of aromatic nitrogens is 5. The Kier molecular flexibility index (Phi) is 4.38. The van der Waals surface area contributed by atoms with Gasteiger partial charge in [0, 0.05) is 43.5 Å². The van der Waals surface area contributed by atoms with Crippen LogP contribution in [-0.4, -0.2) is 48.9 Å². The first-order valence-electron chi connectivity index (χ1n) is 9.81. The molecule has 1 saturated carbocycles. The summed E-state index contributed by atoms with van der Waals surface area (Å²) in [6, 6.07) is 3.63. The standard InChI is InChI=1S/C20H22N6O2/c27-20(15-5-6-15)25-7-1-3-14(11-25)12-26-13-17(23-24-26)16-9-21-19(22-10-16)18-4-2-8-28-18/h2,4,8-10,13-15H,1,3,5-7,11-12H2. The Morgan fingerprint density at radius 3 is 2.82 bits per heavy atom. The van der Waals surface area contributed by atoms with Crippen LogP contribution in [0, 0.1) is 11.8 Å². The number of nitrogens with zero attached hydrogens (tertiary/aromatic N) is 6. The summed E-state index contributed by atoms with van der Waals surface area (Å²) in [6.45, 7) is 2.49. The van der Waals surface area contributed by atoms with Gasteiger partial charge >= 0.3 is 0 Å². The summed E-state index contributed by atoms with van der Waals surface area (Å²) >= 11 is 0. The molecule has 4 heterocycles. The number of amides is 1. The Morgan fingerprint density at radius 2 is 2.07 bits per heavy atom. The molecule has 0 N–H and O–H groups in total. The third-order valence-electron chi connectivity index (χ3n) is 5.43. The van der Waals surface area contributed by atoms with Crippen molar-refractivity contribution in [3.05, 3.63) is 37.0 Å². The third kappa shape index (κ3) is 3.54. The van der Waals surface area contributed by atoms with Crippen LogP contribution in [0.3, 0.4) is 0 Å². The SMILES string of the molecule is O=C(C1CC1)N1CCCC(Cn2cc(-c3cnc(-c4ccco4)nc3)nn2)C1. The molecule has 0 spiro atoms. The average molecular weight is 378 g/mol. The van der Waals surface area contributed by atoms with Crippen molar-refractivity contribution in [1.29, 1.82) is 0 Å². The van der Waals surface area contributed by atoms with E-state index in [4.69, 9.17) is 4.42 Å². The molecule has 2 fully saturated rings. The van der Waals surface area contributed by atoms with Gasteiger partial charge in [-0.05, 0) is 43.7 Å². The van der Waals surface area contributed by atoms with E-state index >= 15 is 0 Å². The first-order valence-corrected chi connectivity index (χ1v) is 9.81. The molecular weight excluding hydrogens is 356 g/mol. The summed E-state index contributed by atoms with van der Waals surface area (Å²) in [5.41, 5.74) is 1.56. The second-order valence-corrected chi connectivity index (χ2v) is 7.67. The molecule has 3 aromatic heterocycles. The molecule has 8 heteroatoms. The Labute approximate surface area is 162 Å². The Bertz CT molecular complexity index is 946. The number of furan rings is 1. The maximum absolute atomic E-state index is 12.3. The quantitative estimate of drug-likeness (QED) is 0.678. The molecule has 1 amide bonds. The molecule has 0 bridgehead atoms. The summed E-state index contributed by atoms with van der Waals surface area (Å²) in [5.74, 6) is 2.24. The molecule has 2 aliphatic rings. The number of hydrogen-bond donors (Lipinski definition) is 0. The zero-order chi connectivity index (χ0) is 18.9. The Morgan fingerprint density at radius 1 is 1.21 bits per heavy atom. The number of carbonyl (C=O) groups excluding carboxylic acids is 1. The molecule has 0 radical (unpaired) electrons. The number of rotatable bonds is 5. The van der Waals surface area contributed by atoms with Gasteiger partial charge in [0.2, 0.25) is 5.91 Å². The summed E-state index contributed by atoms with van der Waals surface area (Å²) in [6.07, 6.45) is 11.3. The average Bonchev–Trinajstić information content (AvgIpc) is 3.23. The van der Waals surface area contributed by atoms with Crippen LogP contribution in [0.1, 0.15) is 25.7 Å². The van der Waals surface area contributed by atoms with Crippen LogP contribution < -0.4 is 0 Å². The minimum absolute atomic E-state index is 0.292. The lowest BCUT2D eigenvalue weighted by Gasteiger charge is -2.32. The normalized spacial score (nSPS) is 19.7. The van der Waals surface area contributed by atoms with E-state index in [0.29, 0.717) is 29.3 Å². The molecule has 1 atom stereocenters.